The van der Waals surface area contributed by atoms with Crippen LogP contribution >= 0.6 is 0 Å². The zero-order valence-corrected chi connectivity index (χ0v) is 14.5. The number of fused-ring (bicyclic) bond motifs is 2. The average molecular weight is 318 g/mol. The molecule has 1 aliphatic carbocycles. The number of methoxy groups -OCH3 is 1. The van der Waals surface area contributed by atoms with Gasteiger partial charge < -0.3 is 14.2 Å². The summed E-state index contributed by atoms with van der Waals surface area (Å²) in [5, 5.41) is 0. The van der Waals surface area contributed by atoms with Gasteiger partial charge in [0.2, 0.25) is 0 Å². The predicted molar refractivity (Wildman–Crippen MR) is 88.2 cm³/mol. The van der Waals surface area contributed by atoms with Crippen molar-refractivity contribution in [3.8, 4) is 11.5 Å². The summed E-state index contributed by atoms with van der Waals surface area (Å²) in [5.74, 6) is 1.93. The molecule has 1 heterocycles. The van der Waals surface area contributed by atoms with Gasteiger partial charge in [-0.05, 0) is 50.2 Å². The Bertz CT molecular complexity index is 608. The molecule has 0 saturated heterocycles. The molecule has 126 valence electrons. The molecule has 0 aromatic heterocycles. The fourth-order valence-electron chi connectivity index (χ4n) is 4.39. The zero-order chi connectivity index (χ0) is 16.7. The molecule has 4 nitrogen and oxygen atoms in total. The van der Waals surface area contributed by atoms with Gasteiger partial charge in [-0.25, -0.2) is 0 Å². The molecule has 23 heavy (non-hydrogen) atoms. The van der Waals surface area contributed by atoms with Crippen LogP contribution in [0.15, 0.2) is 12.1 Å². The van der Waals surface area contributed by atoms with Crippen LogP contribution in [0.1, 0.15) is 56.0 Å². The fraction of sp³-hybridized carbons (Fsp3) is 0.632. The Balaban J connectivity index is 2.04. The lowest BCUT2D eigenvalue weighted by Crippen LogP contribution is -2.54. The molecule has 1 aromatic rings. The maximum Gasteiger partial charge on any atom is 0.188 e. The van der Waals surface area contributed by atoms with Crippen molar-refractivity contribution < 1.29 is 19.0 Å². The molecule has 1 aromatic carbocycles. The van der Waals surface area contributed by atoms with Gasteiger partial charge in [0.05, 0.1) is 0 Å². The van der Waals surface area contributed by atoms with Crippen molar-refractivity contribution >= 4 is 6.29 Å². The van der Waals surface area contributed by atoms with Crippen molar-refractivity contribution in [3.05, 3.63) is 23.3 Å². The first-order chi connectivity index (χ1) is 10.9. The maximum absolute atomic E-state index is 11.2. The van der Waals surface area contributed by atoms with E-state index in [2.05, 4.69) is 20.8 Å². The Morgan fingerprint density at radius 2 is 2.09 bits per heavy atom. The lowest BCUT2D eigenvalue weighted by molar-refractivity contribution is -0.0824. The maximum atomic E-state index is 11.2. The molecular weight excluding hydrogens is 292 g/mol. The van der Waals surface area contributed by atoms with Gasteiger partial charge in [-0.3, -0.25) is 4.79 Å². The van der Waals surface area contributed by atoms with E-state index in [1.165, 1.54) is 12.8 Å². The molecule has 0 unspecified atom stereocenters. The summed E-state index contributed by atoms with van der Waals surface area (Å²) in [6, 6.07) is 3.62. The highest BCUT2D eigenvalue weighted by atomic mass is 16.7. The first-order valence-corrected chi connectivity index (χ1v) is 8.32. The summed E-state index contributed by atoms with van der Waals surface area (Å²) < 4.78 is 17.2. The van der Waals surface area contributed by atoms with E-state index in [0.29, 0.717) is 17.2 Å². The number of rotatable bonds is 4. The Morgan fingerprint density at radius 1 is 1.30 bits per heavy atom. The molecule has 2 aliphatic rings. The molecule has 1 fully saturated rings. The second-order valence-electron chi connectivity index (χ2n) is 7.68. The SMILES string of the molecule is COCOc1cc(C=O)cc2c1C[C@@H]1C(C)(C)CCC[C@@]1(C)O2. The fourth-order valence-corrected chi connectivity index (χ4v) is 4.39. The monoisotopic (exact) mass is 318 g/mol. The molecular formula is C19H26O4. The summed E-state index contributed by atoms with van der Waals surface area (Å²) in [7, 11) is 1.59. The van der Waals surface area contributed by atoms with Crippen LogP contribution in [0, 0.1) is 11.3 Å². The van der Waals surface area contributed by atoms with Crippen molar-refractivity contribution in [1.82, 2.24) is 0 Å². The van der Waals surface area contributed by atoms with E-state index in [4.69, 9.17) is 14.2 Å². The minimum Gasteiger partial charge on any atom is -0.487 e. The van der Waals surface area contributed by atoms with Gasteiger partial charge in [0.1, 0.15) is 23.4 Å². The highest BCUT2D eigenvalue weighted by molar-refractivity contribution is 5.77. The number of benzene rings is 1. The highest BCUT2D eigenvalue weighted by Crippen LogP contribution is 2.54. The van der Waals surface area contributed by atoms with Crippen molar-refractivity contribution in [2.75, 3.05) is 13.9 Å². The second-order valence-corrected chi connectivity index (χ2v) is 7.68. The number of ether oxygens (including phenoxy) is 3. The molecule has 0 amide bonds. The standard InChI is InChI=1S/C19H26O4/c1-18(2)6-5-7-19(3)17(18)10-14-15(22-12-21-4)8-13(11-20)9-16(14)23-19/h8-9,11,17H,5-7,10,12H2,1-4H3/t17-,19-/m1/s1. The predicted octanol–water partition coefficient (Wildman–Crippen LogP) is 4.00. The summed E-state index contributed by atoms with van der Waals surface area (Å²) in [6.45, 7) is 7.04. The van der Waals surface area contributed by atoms with Gasteiger partial charge in [-0.1, -0.05) is 13.8 Å². The van der Waals surface area contributed by atoms with E-state index >= 15 is 0 Å². The van der Waals surface area contributed by atoms with Crippen molar-refractivity contribution in [2.24, 2.45) is 11.3 Å². The molecule has 3 rings (SSSR count). The second kappa shape index (κ2) is 5.82. The van der Waals surface area contributed by atoms with Gasteiger partial charge in [-0.15, -0.1) is 0 Å². The number of hydrogen-bond donors (Lipinski definition) is 0. The van der Waals surface area contributed by atoms with Gasteiger partial charge >= 0.3 is 0 Å². The smallest absolute Gasteiger partial charge is 0.188 e. The quantitative estimate of drug-likeness (QED) is 0.622. The van der Waals surface area contributed by atoms with Gasteiger partial charge in [0, 0.05) is 24.2 Å². The summed E-state index contributed by atoms with van der Waals surface area (Å²) in [6.07, 6.45) is 5.20. The van der Waals surface area contributed by atoms with E-state index in [0.717, 1.165) is 30.4 Å². The normalized spacial score (nSPS) is 28.3. The van der Waals surface area contributed by atoms with E-state index < -0.39 is 0 Å². The lowest BCUT2D eigenvalue weighted by Gasteiger charge is -2.53. The van der Waals surface area contributed by atoms with E-state index in [1.807, 2.05) is 6.07 Å². The van der Waals surface area contributed by atoms with Crippen LogP contribution in [0.5, 0.6) is 11.5 Å². The Hall–Kier alpha value is -1.55. The topological polar surface area (TPSA) is 44.8 Å². The number of aldehydes is 1. The minimum atomic E-state index is -0.172. The number of carbonyl (C=O) groups excluding carboxylic acids is 1. The molecule has 1 saturated carbocycles. The first-order valence-electron chi connectivity index (χ1n) is 8.32. The van der Waals surface area contributed by atoms with Crippen LogP contribution in [-0.4, -0.2) is 25.8 Å². The van der Waals surface area contributed by atoms with Crippen LogP contribution in [0.3, 0.4) is 0 Å². The number of carbonyl (C=O) groups is 1. The van der Waals surface area contributed by atoms with Gasteiger partial charge in [-0.2, -0.15) is 0 Å². The first kappa shape index (κ1) is 16.3. The van der Waals surface area contributed by atoms with E-state index in [9.17, 15) is 4.79 Å². The third-order valence-corrected chi connectivity index (χ3v) is 5.58. The third-order valence-electron chi connectivity index (χ3n) is 5.58. The van der Waals surface area contributed by atoms with E-state index in [-0.39, 0.29) is 17.8 Å². The zero-order valence-electron chi connectivity index (χ0n) is 14.5. The van der Waals surface area contributed by atoms with Crippen LogP contribution in [0.25, 0.3) is 0 Å². The molecule has 0 N–H and O–H groups in total. The van der Waals surface area contributed by atoms with Crippen molar-refractivity contribution in [1.29, 1.82) is 0 Å². The van der Waals surface area contributed by atoms with Crippen LogP contribution in [0.2, 0.25) is 0 Å². The molecule has 2 atom stereocenters. The van der Waals surface area contributed by atoms with Crippen molar-refractivity contribution in [2.45, 2.75) is 52.1 Å². The summed E-state index contributed by atoms with van der Waals surface area (Å²) in [4.78, 5) is 11.2. The Labute approximate surface area is 138 Å². The molecule has 0 spiro atoms. The van der Waals surface area contributed by atoms with Gasteiger partial charge in [0.25, 0.3) is 0 Å². The average Bonchev–Trinajstić information content (AvgIpc) is 2.50. The van der Waals surface area contributed by atoms with E-state index in [1.54, 1.807) is 13.2 Å². The van der Waals surface area contributed by atoms with Gasteiger partial charge in [0.15, 0.2) is 6.79 Å². The summed E-state index contributed by atoms with van der Waals surface area (Å²) >= 11 is 0. The largest absolute Gasteiger partial charge is 0.487 e. The van der Waals surface area contributed by atoms with Crippen LogP contribution in [-0.2, 0) is 11.2 Å². The molecule has 0 radical (unpaired) electrons. The molecule has 0 bridgehead atoms. The van der Waals surface area contributed by atoms with Crippen LogP contribution in [0.4, 0.5) is 0 Å². The van der Waals surface area contributed by atoms with Crippen LogP contribution < -0.4 is 9.47 Å². The highest BCUT2D eigenvalue weighted by Gasteiger charge is 2.51. The lowest BCUT2D eigenvalue weighted by atomic mass is 9.59. The molecule has 4 heteroatoms. The van der Waals surface area contributed by atoms with Crippen molar-refractivity contribution in [3.63, 3.8) is 0 Å². The Kier molecular flexibility index (Phi) is 4.13. The Morgan fingerprint density at radius 3 is 2.78 bits per heavy atom. The third kappa shape index (κ3) is 2.85. The number of hydrogen-bond acceptors (Lipinski definition) is 4. The minimum absolute atomic E-state index is 0.167. The molecule has 1 aliphatic heterocycles. The summed E-state index contributed by atoms with van der Waals surface area (Å²) in [5.41, 5.74) is 1.69.